The molecule has 0 saturated heterocycles. The maximum atomic E-state index is 4.50. The van der Waals surface area contributed by atoms with Crippen molar-refractivity contribution < 1.29 is 0 Å². The average Bonchev–Trinajstić information content (AvgIpc) is 2.82. The molecule has 0 aliphatic heterocycles. The van der Waals surface area contributed by atoms with Crippen LogP contribution in [0.15, 0.2) is 12.4 Å². The highest BCUT2D eigenvalue weighted by Crippen LogP contribution is 2.55. The molecule has 0 radical (unpaired) electrons. The molecule has 1 aromatic heterocycles. The van der Waals surface area contributed by atoms with Crippen molar-refractivity contribution in [1.82, 2.24) is 14.9 Å². The molecule has 0 spiro atoms. The Hall–Kier alpha value is -0.830. The minimum absolute atomic E-state index is 0.458. The Morgan fingerprint density at radius 3 is 2.42 bits per heavy atom. The number of nitrogens with one attached hydrogen (secondary N) is 1. The summed E-state index contributed by atoms with van der Waals surface area (Å²) < 4.78 is 2.26. The van der Waals surface area contributed by atoms with Crippen LogP contribution in [-0.2, 0) is 13.1 Å². The fourth-order valence-electron chi connectivity index (χ4n) is 5.39. The number of aromatic nitrogens is 2. The molecule has 1 N–H and O–H groups in total. The van der Waals surface area contributed by atoms with Gasteiger partial charge in [-0.05, 0) is 63.2 Å². The molecule has 4 bridgehead atoms. The van der Waals surface area contributed by atoms with Gasteiger partial charge in [-0.3, -0.25) is 0 Å². The maximum Gasteiger partial charge on any atom is 0.122 e. The Morgan fingerprint density at radius 2 is 1.84 bits per heavy atom. The number of hydrogen-bond donors (Lipinski definition) is 1. The van der Waals surface area contributed by atoms with Crippen molar-refractivity contribution in [2.45, 2.75) is 64.1 Å². The lowest BCUT2D eigenvalue weighted by Crippen LogP contribution is -2.58. The molecular weight excluding hydrogens is 234 g/mol. The molecule has 0 unspecified atom stereocenters. The van der Waals surface area contributed by atoms with Crippen molar-refractivity contribution in [2.75, 3.05) is 0 Å². The Morgan fingerprint density at radius 1 is 1.21 bits per heavy atom. The number of nitrogens with zero attached hydrogens (tertiary/aromatic N) is 2. The van der Waals surface area contributed by atoms with E-state index >= 15 is 0 Å². The largest absolute Gasteiger partial charge is 0.334 e. The predicted molar refractivity (Wildman–Crippen MR) is 75.6 cm³/mol. The minimum atomic E-state index is 0.458. The van der Waals surface area contributed by atoms with Gasteiger partial charge in [-0.25, -0.2) is 4.98 Å². The SMILES string of the molecule is CCn1ccnc1CNC12CC3CC(CC(C3)C1)C2. The van der Waals surface area contributed by atoms with Gasteiger partial charge in [0.05, 0.1) is 6.54 Å². The van der Waals surface area contributed by atoms with E-state index in [1.807, 2.05) is 6.20 Å². The van der Waals surface area contributed by atoms with Crippen molar-refractivity contribution in [3.05, 3.63) is 18.2 Å². The van der Waals surface area contributed by atoms with Crippen LogP contribution in [0.25, 0.3) is 0 Å². The van der Waals surface area contributed by atoms with Gasteiger partial charge in [0.15, 0.2) is 0 Å². The van der Waals surface area contributed by atoms with E-state index in [1.54, 1.807) is 0 Å². The lowest BCUT2D eigenvalue weighted by Gasteiger charge is -2.57. The van der Waals surface area contributed by atoms with E-state index in [0.29, 0.717) is 5.54 Å². The molecule has 3 heteroatoms. The van der Waals surface area contributed by atoms with Crippen LogP contribution in [0.3, 0.4) is 0 Å². The van der Waals surface area contributed by atoms with Gasteiger partial charge >= 0.3 is 0 Å². The molecule has 0 amide bonds. The topological polar surface area (TPSA) is 29.9 Å². The van der Waals surface area contributed by atoms with Crippen LogP contribution in [-0.4, -0.2) is 15.1 Å². The molecule has 0 atom stereocenters. The van der Waals surface area contributed by atoms with Crippen LogP contribution < -0.4 is 5.32 Å². The lowest BCUT2D eigenvalue weighted by molar-refractivity contribution is -0.0210. The third-order valence-electron chi connectivity index (χ3n) is 5.80. The fraction of sp³-hybridized carbons (Fsp3) is 0.812. The summed E-state index contributed by atoms with van der Waals surface area (Å²) in [5, 5.41) is 3.92. The van der Waals surface area contributed by atoms with Crippen LogP contribution in [0.4, 0.5) is 0 Å². The highest BCUT2D eigenvalue weighted by Gasteiger charge is 2.50. The standard InChI is InChI=1S/C16H25N3/c1-2-19-4-3-17-15(19)11-18-16-8-12-5-13(9-16)7-14(6-12)10-16/h3-4,12-14,18H,2,5-11H2,1H3. The van der Waals surface area contributed by atoms with Crippen LogP contribution in [0.1, 0.15) is 51.3 Å². The molecule has 4 aliphatic carbocycles. The van der Waals surface area contributed by atoms with Gasteiger partial charge in [-0.15, -0.1) is 0 Å². The summed E-state index contributed by atoms with van der Waals surface area (Å²) in [6.45, 7) is 4.17. The number of hydrogen-bond acceptors (Lipinski definition) is 2. The van der Waals surface area contributed by atoms with Gasteiger partial charge < -0.3 is 9.88 Å². The third-order valence-corrected chi connectivity index (χ3v) is 5.80. The second-order valence-corrected chi connectivity index (χ2v) is 7.18. The zero-order valence-electron chi connectivity index (χ0n) is 11.9. The smallest absolute Gasteiger partial charge is 0.122 e. The summed E-state index contributed by atoms with van der Waals surface area (Å²) in [4.78, 5) is 4.50. The molecule has 5 rings (SSSR count). The van der Waals surface area contributed by atoms with Gasteiger partial charge in [-0.2, -0.15) is 0 Å². The quantitative estimate of drug-likeness (QED) is 0.901. The molecule has 1 aromatic rings. The fourth-order valence-corrected chi connectivity index (χ4v) is 5.39. The van der Waals surface area contributed by atoms with Crippen molar-refractivity contribution in [2.24, 2.45) is 17.8 Å². The number of aryl methyl sites for hydroxylation is 1. The molecule has 1 heterocycles. The van der Waals surface area contributed by atoms with E-state index in [0.717, 1.165) is 30.8 Å². The molecule has 104 valence electrons. The Bertz CT molecular complexity index is 427. The maximum absolute atomic E-state index is 4.50. The molecule has 3 nitrogen and oxygen atoms in total. The Balaban J connectivity index is 1.48. The number of imidazole rings is 1. The first kappa shape index (κ1) is 12.0. The van der Waals surface area contributed by atoms with E-state index in [9.17, 15) is 0 Å². The summed E-state index contributed by atoms with van der Waals surface area (Å²) in [5.41, 5.74) is 0.458. The summed E-state index contributed by atoms with van der Waals surface area (Å²) >= 11 is 0. The van der Waals surface area contributed by atoms with E-state index < -0.39 is 0 Å². The Labute approximate surface area is 115 Å². The average molecular weight is 259 g/mol. The summed E-state index contributed by atoms with van der Waals surface area (Å²) in [6, 6.07) is 0. The van der Waals surface area contributed by atoms with Crippen LogP contribution >= 0.6 is 0 Å². The molecular formula is C16H25N3. The predicted octanol–water partition coefficient (Wildman–Crippen LogP) is 2.96. The van der Waals surface area contributed by atoms with Crippen LogP contribution in [0.2, 0.25) is 0 Å². The van der Waals surface area contributed by atoms with Crippen molar-refractivity contribution in [1.29, 1.82) is 0 Å². The molecule has 4 saturated carbocycles. The highest BCUT2D eigenvalue weighted by atomic mass is 15.1. The van der Waals surface area contributed by atoms with E-state index in [4.69, 9.17) is 0 Å². The summed E-state index contributed by atoms with van der Waals surface area (Å²) in [7, 11) is 0. The molecule has 0 aromatic carbocycles. The first-order chi connectivity index (χ1) is 9.26. The number of rotatable bonds is 4. The van der Waals surface area contributed by atoms with Gasteiger partial charge in [0.2, 0.25) is 0 Å². The minimum Gasteiger partial charge on any atom is -0.334 e. The van der Waals surface area contributed by atoms with Crippen LogP contribution in [0.5, 0.6) is 0 Å². The summed E-state index contributed by atoms with van der Waals surface area (Å²) in [6.07, 6.45) is 12.8. The zero-order chi connectivity index (χ0) is 12.9. The first-order valence-corrected chi connectivity index (χ1v) is 8.01. The zero-order valence-corrected chi connectivity index (χ0v) is 11.9. The van der Waals surface area contributed by atoms with Gasteiger partial charge in [0, 0.05) is 24.5 Å². The van der Waals surface area contributed by atoms with Crippen molar-refractivity contribution in [3.63, 3.8) is 0 Å². The Kier molecular flexibility index (Phi) is 2.73. The second kappa shape index (κ2) is 4.34. The normalized spacial score (nSPS) is 39.9. The monoisotopic (exact) mass is 259 g/mol. The summed E-state index contributed by atoms with van der Waals surface area (Å²) in [5.74, 6) is 4.26. The molecule has 4 aliphatic rings. The second-order valence-electron chi connectivity index (χ2n) is 7.18. The van der Waals surface area contributed by atoms with E-state index in [1.165, 1.54) is 44.3 Å². The molecule has 4 fully saturated rings. The van der Waals surface area contributed by atoms with E-state index in [2.05, 4.69) is 28.0 Å². The van der Waals surface area contributed by atoms with Gasteiger partial charge in [0.1, 0.15) is 5.82 Å². The third kappa shape index (κ3) is 2.03. The van der Waals surface area contributed by atoms with Crippen molar-refractivity contribution in [3.8, 4) is 0 Å². The lowest BCUT2D eigenvalue weighted by atomic mass is 9.53. The first-order valence-electron chi connectivity index (χ1n) is 8.01. The molecule has 19 heavy (non-hydrogen) atoms. The van der Waals surface area contributed by atoms with Crippen LogP contribution in [0, 0.1) is 17.8 Å². The van der Waals surface area contributed by atoms with E-state index in [-0.39, 0.29) is 0 Å². The highest BCUT2D eigenvalue weighted by molar-refractivity contribution is 5.07. The van der Waals surface area contributed by atoms with Gasteiger partial charge in [0.25, 0.3) is 0 Å². The van der Waals surface area contributed by atoms with Gasteiger partial charge in [-0.1, -0.05) is 0 Å². The van der Waals surface area contributed by atoms with Crippen molar-refractivity contribution >= 4 is 0 Å².